The van der Waals surface area contributed by atoms with Gasteiger partial charge in [-0.1, -0.05) is 24.9 Å². The molecular weight excluding hydrogens is 320 g/mol. The van der Waals surface area contributed by atoms with Crippen LogP contribution in [0.3, 0.4) is 0 Å². The second-order valence-corrected chi connectivity index (χ2v) is 6.34. The highest BCUT2D eigenvalue weighted by Gasteiger charge is 2.22. The molecule has 0 bridgehead atoms. The molecule has 1 amide bonds. The number of primary amides is 1. The Labute approximate surface area is 146 Å². The first kappa shape index (κ1) is 17.2. The topological polar surface area (TPSA) is 132 Å². The number of aryl methyl sites for hydroxylation is 1. The van der Waals surface area contributed by atoms with E-state index in [1.807, 2.05) is 6.92 Å². The molecular formula is C17H24N6O2. The van der Waals surface area contributed by atoms with Crippen LogP contribution in [0, 0.1) is 0 Å². The van der Waals surface area contributed by atoms with Gasteiger partial charge < -0.3 is 26.6 Å². The highest BCUT2D eigenvalue weighted by Crippen LogP contribution is 2.26. The molecule has 1 fully saturated rings. The van der Waals surface area contributed by atoms with Crippen molar-refractivity contribution in [1.82, 2.24) is 10.1 Å². The smallest absolute Gasteiger partial charge is 0.269 e. The van der Waals surface area contributed by atoms with Gasteiger partial charge in [-0.2, -0.15) is 0 Å². The number of carbonyl (C=O) groups is 1. The van der Waals surface area contributed by atoms with Crippen LogP contribution in [-0.2, 0) is 6.42 Å². The molecule has 8 nitrogen and oxygen atoms in total. The normalized spacial score (nSPS) is 20.2. The minimum absolute atomic E-state index is 0.113. The summed E-state index contributed by atoms with van der Waals surface area (Å²) >= 11 is 0. The van der Waals surface area contributed by atoms with E-state index < -0.39 is 5.91 Å². The standard InChI is InChI=1S/C17H24N6O2/c1-2-10-8-15(25-23-10)22-14-7-11(9-20-16(14)17(19)24)21-13-6-4-3-5-12(13)18/h7-9,12-13,21-22H,2-6,18H2,1H3,(H2,19,24)/t12-,13+/m0/s1. The zero-order valence-corrected chi connectivity index (χ0v) is 14.3. The Bertz CT molecular complexity index is 744. The number of nitrogens with zero attached hydrogens (tertiary/aromatic N) is 2. The number of nitrogens with two attached hydrogens (primary N) is 2. The van der Waals surface area contributed by atoms with Crippen LogP contribution in [-0.4, -0.2) is 28.1 Å². The third-order valence-corrected chi connectivity index (χ3v) is 4.47. The van der Waals surface area contributed by atoms with Gasteiger partial charge >= 0.3 is 0 Å². The molecule has 0 radical (unpaired) electrons. The van der Waals surface area contributed by atoms with Gasteiger partial charge in [-0.05, 0) is 25.3 Å². The number of nitrogens with one attached hydrogen (secondary N) is 2. The maximum absolute atomic E-state index is 11.7. The fourth-order valence-electron chi connectivity index (χ4n) is 3.06. The number of pyridine rings is 1. The van der Waals surface area contributed by atoms with Crippen LogP contribution in [0.2, 0.25) is 0 Å². The van der Waals surface area contributed by atoms with Gasteiger partial charge in [0.05, 0.1) is 23.3 Å². The molecule has 134 valence electrons. The summed E-state index contributed by atoms with van der Waals surface area (Å²) in [6.07, 6.45) is 6.70. The van der Waals surface area contributed by atoms with E-state index >= 15 is 0 Å². The summed E-state index contributed by atoms with van der Waals surface area (Å²) in [5.41, 5.74) is 13.8. The Balaban J connectivity index is 1.82. The quantitative estimate of drug-likeness (QED) is 0.631. The lowest BCUT2D eigenvalue weighted by atomic mass is 9.91. The van der Waals surface area contributed by atoms with Gasteiger partial charge in [-0.25, -0.2) is 4.98 Å². The van der Waals surface area contributed by atoms with E-state index in [0.717, 1.165) is 43.5 Å². The molecule has 2 aromatic rings. The summed E-state index contributed by atoms with van der Waals surface area (Å²) in [5, 5.41) is 10.4. The van der Waals surface area contributed by atoms with Crippen molar-refractivity contribution < 1.29 is 9.32 Å². The molecule has 1 aliphatic carbocycles. The molecule has 1 saturated carbocycles. The molecule has 0 aliphatic heterocycles. The number of aromatic nitrogens is 2. The van der Waals surface area contributed by atoms with Crippen molar-refractivity contribution >= 4 is 23.2 Å². The summed E-state index contributed by atoms with van der Waals surface area (Å²) in [6, 6.07) is 3.88. The summed E-state index contributed by atoms with van der Waals surface area (Å²) < 4.78 is 5.22. The second kappa shape index (κ2) is 7.52. The second-order valence-electron chi connectivity index (χ2n) is 6.34. The molecule has 0 saturated heterocycles. The lowest BCUT2D eigenvalue weighted by Gasteiger charge is -2.30. The van der Waals surface area contributed by atoms with Crippen molar-refractivity contribution in [1.29, 1.82) is 0 Å². The summed E-state index contributed by atoms with van der Waals surface area (Å²) in [5.74, 6) is -0.175. The van der Waals surface area contributed by atoms with Crippen molar-refractivity contribution in [2.24, 2.45) is 11.5 Å². The predicted octanol–water partition coefficient (Wildman–Crippen LogP) is 2.16. The maximum atomic E-state index is 11.7. The summed E-state index contributed by atoms with van der Waals surface area (Å²) in [4.78, 5) is 15.8. The third kappa shape index (κ3) is 4.08. The van der Waals surface area contributed by atoms with Gasteiger partial charge in [-0.15, -0.1) is 0 Å². The molecule has 8 heteroatoms. The highest BCUT2D eigenvalue weighted by molar-refractivity contribution is 5.97. The van der Waals surface area contributed by atoms with Crippen LogP contribution in [0.1, 0.15) is 48.8 Å². The number of rotatable bonds is 6. The first-order chi connectivity index (χ1) is 12.1. The first-order valence-corrected chi connectivity index (χ1v) is 8.61. The number of hydrogen-bond donors (Lipinski definition) is 4. The van der Waals surface area contributed by atoms with Crippen molar-refractivity contribution in [3.05, 3.63) is 29.7 Å². The summed E-state index contributed by atoms with van der Waals surface area (Å²) in [7, 11) is 0. The minimum atomic E-state index is -0.612. The zero-order chi connectivity index (χ0) is 17.8. The fraction of sp³-hybridized carbons (Fsp3) is 0.471. The van der Waals surface area contributed by atoms with E-state index in [-0.39, 0.29) is 17.8 Å². The van der Waals surface area contributed by atoms with E-state index in [0.29, 0.717) is 11.6 Å². The van der Waals surface area contributed by atoms with Crippen molar-refractivity contribution in [2.45, 2.75) is 51.1 Å². The van der Waals surface area contributed by atoms with Crippen LogP contribution < -0.4 is 22.1 Å². The Morgan fingerprint density at radius 2 is 2.16 bits per heavy atom. The van der Waals surface area contributed by atoms with Gasteiger partial charge in [0.2, 0.25) is 5.88 Å². The van der Waals surface area contributed by atoms with Gasteiger partial charge in [0.1, 0.15) is 0 Å². The van der Waals surface area contributed by atoms with Crippen LogP contribution in [0.4, 0.5) is 17.3 Å². The SMILES string of the molecule is CCc1cc(Nc2cc(N[C@@H]3CCCC[C@@H]3N)cnc2C(N)=O)on1. The number of amides is 1. The van der Waals surface area contributed by atoms with E-state index in [1.54, 1.807) is 18.3 Å². The van der Waals surface area contributed by atoms with Crippen LogP contribution in [0.5, 0.6) is 0 Å². The molecule has 0 unspecified atom stereocenters. The largest absolute Gasteiger partial charge is 0.379 e. The molecule has 0 spiro atoms. The highest BCUT2D eigenvalue weighted by atomic mass is 16.5. The van der Waals surface area contributed by atoms with Crippen molar-refractivity contribution in [3.63, 3.8) is 0 Å². The Kier molecular flexibility index (Phi) is 5.18. The third-order valence-electron chi connectivity index (χ3n) is 4.47. The van der Waals surface area contributed by atoms with E-state index in [1.165, 1.54) is 0 Å². The number of anilines is 3. The predicted molar refractivity (Wildman–Crippen MR) is 95.8 cm³/mol. The van der Waals surface area contributed by atoms with Crippen molar-refractivity contribution in [3.8, 4) is 0 Å². The molecule has 25 heavy (non-hydrogen) atoms. The Morgan fingerprint density at radius 3 is 2.84 bits per heavy atom. The Hall–Kier alpha value is -2.61. The molecule has 0 aromatic carbocycles. The van der Waals surface area contributed by atoms with E-state index in [4.69, 9.17) is 16.0 Å². The van der Waals surface area contributed by atoms with Gasteiger partial charge in [-0.3, -0.25) is 4.79 Å². The molecule has 2 atom stereocenters. The lowest BCUT2D eigenvalue weighted by Crippen LogP contribution is -2.42. The molecule has 2 aromatic heterocycles. The lowest BCUT2D eigenvalue weighted by molar-refractivity contribution is 0.0996. The Morgan fingerprint density at radius 1 is 1.36 bits per heavy atom. The van der Waals surface area contributed by atoms with Crippen LogP contribution >= 0.6 is 0 Å². The van der Waals surface area contributed by atoms with Gasteiger partial charge in [0, 0.05) is 18.2 Å². The van der Waals surface area contributed by atoms with Gasteiger partial charge in [0.15, 0.2) is 5.69 Å². The van der Waals surface area contributed by atoms with Crippen LogP contribution in [0.15, 0.2) is 22.9 Å². The van der Waals surface area contributed by atoms with E-state index in [2.05, 4.69) is 20.8 Å². The van der Waals surface area contributed by atoms with E-state index in [9.17, 15) is 4.79 Å². The van der Waals surface area contributed by atoms with Gasteiger partial charge in [0.25, 0.3) is 5.91 Å². The van der Waals surface area contributed by atoms with Crippen molar-refractivity contribution in [2.75, 3.05) is 10.6 Å². The number of hydrogen-bond acceptors (Lipinski definition) is 7. The monoisotopic (exact) mass is 344 g/mol. The fourth-order valence-corrected chi connectivity index (χ4v) is 3.06. The molecule has 2 heterocycles. The average molecular weight is 344 g/mol. The maximum Gasteiger partial charge on any atom is 0.269 e. The minimum Gasteiger partial charge on any atom is -0.379 e. The average Bonchev–Trinajstić information content (AvgIpc) is 3.04. The number of carbonyl (C=O) groups excluding carboxylic acids is 1. The zero-order valence-electron chi connectivity index (χ0n) is 14.3. The summed E-state index contributed by atoms with van der Waals surface area (Å²) in [6.45, 7) is 1.98. The molecule has 1 aliphatic rings. The first-order valence-electron chi connectivity index (χ1n) is 8.61. The van der Waals surface area contributed by atoms with Crippen LogP contribution in [0.25, 0.3) is 0 Å². The molecule has 3 rings (SSSR count). The molecule has 6 N–H and O–H groups in total.